The molecule has 8 nitrogen and oxygen atoms in total. The van der Waals surface area contributed by atoms with E-state index in [1.807, 2.05) is 4.90 Å². The molecule has 0 aliphatic carbocycles. The minimum atomic E-state index is -0.463. The van der Waals surface area contributed by atoms with Crippen molar-refractivity contribution in [2.24, 2.45) is 0 Å². The second-order valence-electron chi connectivity index (χ2n) is 4.86. The molecule has 116 valence electrons. The Balaban J connectivity index is 1.67. The van der Waals surface area contributed by atoms with Gasteiger partial charge >= 0.3 is 0 Å². The fourth-order valence-electron chi connectivity index (χ4n) is 2.20. The van der Waals surface area contributed by atoms with Crippen LogP contribution in [0.15, 0.2) is 18.2 Å². The summed E-state index contributed by atoms with van der Waals surface area (Å²) in [7, 11) is 0. The van der Waals surface area contributed by atoms with Gasteiger partial charge in [0.2, 0.25) is 5.91 Å². The van der Waals surface area contributed by atoms with Crippen LogP contribution in [0.1, 0.15) is 0 Å². The lowest BCUT2D eigenvalue weighted by atomic mass is 10.3. The van der Waals surface area contributed by atoms with Crippen LogP contribution in [0.3, 0.4) is 0 Å². The van der Waals surface area contributed by atoms with Gasteiger partial charge in [-0.2, -0.15) is 0 Å². The number of rotatable bonds is 4. The third kappa shape index (κ3) is 3.38. The Bertz CT molecular complexity index is 711. The normalized spacial score (nSPS) is 15.8. The van der Waals surface area contributed by atoms with E-state index in [2.05, 4.69) is 10.3 Å². The molecule has 1 aromatic carbocycles. The monoisotopic (exact) mass is 322 g/mol. The number of non-ortho nitro benzene ring substituents is 1. The fraction of sp³-hybridized carbons (Fsp3) is 0.385. The number of aromatic nitrogens is 1. The molecule has 0 radical (unpaired) electrons. The topological polar surface area (TPSA) is 97.6 Å². The van der Waals surface area contributed by atoms with E-state index in [9.17, 15) is 14.9 Å². The zero-order valence-electron chi connectivity index (χ0n) is 11.7. The van der Waals surface area contributed by atoms with Gasteiger partial charge in [0.1, 0.15) is 0 Å². The van der Waals surface area contributed by atoms with Crippen LogP contribution in [0.25, 0.3) is 10.2 Å². The Hall–Kier alpha value is -2.10. The molecule has 1 fully saturated rings. The molecule has 1 aromatic heterocycles. The number of hydrogen-bond donors (Lipinski definition) is 1. The first-order valence-electron chi connectivity index (χ1n) is 6.77. The van der Waals surface area contributed by atoms with Crippen LogP contribution in [0.4, 0.5) is 10.8 Å². The number of carbonyl (C=O) groups is 1. The second-order valence-corrected chi connectivity index (χ2v) is 5.90. The molecule has 2 aromatic rings. The molecule has 1 amide bonds. The van der Waals surface area contributed by atoms with E-state index in [1.54, 1.807) is 6.07 Å². The van der Waals surface area contributed by atoms with Crippen LogP contribution in [0.2, 0.25) is 0 Å². The lowest BCUT2D eigenvalue weighted by Crippen LogP contribution is -2.41. The SMILES string of the molecule is O=C(CN1CCOCC1)Nc1nc2cc([N+](=O)[O-])ccc2s1. The maximum Gasteiger partial charge on any atom is 0.271 e. The van der Waals surface area contributed by atoms with E-state index in [0.29, 0.717) is 30.4 Å². The number of ether oxygens (including phenoxy) is 1. The molecule has 1 saturated heterocycles. The van der Waals surface area contributed by atoms with Gasteiger partial charge in [-0.15, -0.1) is 0 Å². The lowest BCUT2D eigenvalue weighted by Gasteiger charge is -2.25. The molecule has 22 heavy (non-hydrogen) atoms. The van der Waals surface area contributed by atoms with Gasteiger partial charge in [-0.1, -0.05) is 11.3 Å². The van der Waals surface area contributed by atoms with Gasteiger partial charge in [0.25, 0.3) is 5.69 Å². The van der Waals surface area contributed by atoms with Crippen LogP contribution >= 0.6 is 11.3 Å². The van der Waals surface area contributed by atoms with E-state index in [0.717, 1.165) is 17.8 Å². The molecular formula is C13H14N4O4S. The van der Waals surface area contributed by atoms with Crippen molar-refractivity contribution in [2.75, 3.05) is 38.2 Å². The highest BCUT2D eigenvalue weighted by Gasteiger charge is 2.16. The number of morpholine rings is 1. The van der Waals surface area contributed by atoms with Gasteiger partial charge in [0.05, 0.1) is 34.9 Å². The largest absolute Gasteiger partial charge is 0.379 e. The van der Waals surface area contributed by atoms with Gasteiger partial charge < -0.3 is 10.1 Å². The first-order chi connectivity index (χ1) is 10.6. The first kappa shape index (κ1) is 14.8. The number of amides is 1. The maximum absolute atomic E-state index is 12.0. The summed E-state index contributed by atoms with van der Waals surface area (Å²) in [4.78, 5) is 28.5. The number of carbonyl (C=O) groups excluding carboxylic acids is 1. The highest BCUT2D eigenvalue weighted by Crippen LogP contribution is 2.28. The summed E-state index contributed by atoms with van der Waals surface area (Å²) in [6, 6.07) is 4.48. The predicted molar refractivity (Wildman–Crippen MR) is 82.2 cm³/mol. The molecule has 1 aliphatic rings. The zero-order chi connectivity index (χ0) is 15.5. The third-order valence-corrected chi connectivity index (χ3v) is 4.25. The smallest absolute Gasteiger partial charge is 0.271 e. The quantitative estimate of drug-likeness (QED) is 0.676. The number of anilines is 1. The highest BCUT2D eigenvalue weighted by atomic mass is 32.1. The predicted octanol–water partition coefficient (Wildman–Crippen LogP) is 1.48. The molecule has 1 aliphatic heterocycles. The number of nitro groups is 1. The summed E-state index contributed by atoms with van der Waals surface area (Å²) in [5.74, 6) is -0.143. The number of thiazole rings is 1. The second kappa shape index (κ2) is 6.34. The zero-order valence-corrected chi connectivity index (χ0v) is 12.5. The summed E-state index contributed by atoms with van der Waals surface area (Å²) in [6.45, 7) is 3.04. The van der Waals surface area contributed by atoms with Crippen LogP contribution in [-0.2, 0) is 9.53 Å². The van der Waals surface area contributed by atoms with Gasteiger partial charge in [0.15, 0.2) is 5.13 Å². The molecular weight excluding hydrogens is 308 g/mol. The number of nitrogens with zero attached hydrogens (tertiary/aromatic N) is 3. The first-order valence-corrected chi connectivity index (χ1v) is 7.58. The standard InChI is InChI=1S/C13H14N4O4S/c18-12(8-16-3-5-21-6-4-16)15-13-14-10-7-9(17(19)20)1-2-11(10)22-13/h1-2,7H,3-6,8H2,(H,14,15,18). The van der Waals surface area contributed by atoms with E-state index >= 15 is 0 Å². The number of nitro benzene ring substituents is 1. The van der Waals surface area contributed by atoms with Crippen molar-refractivity contribution in [3.63, 3.8) is 0 Å². The van der Waals surface area contributed by atoms with Crippen molar-refractivity contribution in [3.8, 4) is 0 Å². The molecule has 0 unspecified atom stereocenters. The van der Waals surface area contributed by atoms with Crippen molar-refractivity contribution in [1.29, 1.82) is 0 Å². The molecule has 1 N–H and O–H groups in total. The number of fused-ring (bicyclic) bond motifs is 1. The molecule has 3 rings (SSSR count). The van der Waals surface area contributed by atoms with Crippen molar-refractivity contribution in [3.05, 3.63) is 28.3 Å². The Morgan fingerprint density at radius 2 is 2.23 bits per heavy atom. The van der Waals surface area contributed by atoms with Gasteiger partial charge in [-0.05, 0) is 6.07 Å². The van der Waals surface area contributed by atoms with Crippen molar-refractivity contribution < 1.29 is 14.5 Å². The molecule has 0 bridgehead atoms. The van der Waals surface area contributed by atoms with Crippen LogP contribution in [0.5, 0.6) is 0 Å². The Labute approximate surface area is 129 Å². The summed E-state index contributed by atoms with van der Waals surface area (Å²) in [5, 5.41) is 13.9. The van der Waals surface area contributed by atoms with Gasteiger partial charge in [-0.25, -0.2) is 4.98 Å². The van der Waals surface area contributed by atoms with Crippen molar-refractivity contribution in [2.45, 2.75) is 0 Å². The minimum absolute atomic E-state index is 0.0102. The number of nitrogens with one attached hydrogen (secondary N) is 1. The average Bonchev–Trinajstić information content (AvgIpc) is 2.89. The van der Waals surface area contributed by atoms with E-state index in [1.165, 1.54) is 23.5 Å². The van der Waals surface area contributed by atoms with E-state index in [4.69, 9.17) is 4.74 Å². The Morgan fingerprint density at radius 1 is 1.45 bits per heavy atom. The van der Waals surface area contributed by atoms with Crippen LogP contribution in [0, 0.1) is 10.1 Å². The minimum Gasteiger partial charge on any atom is -0.379 e. The summed E-state index contributed by atoms with van der Waals surface area (Å²) in [6.07, 6.45) is 0. The number of hydrogen-bond acceptors (Lipinski definition) is 7. The molecule has 0 atom stereocenters. The Kier molecular flexibility index (Phi) is 4.27. The molecule has 0 saturated carbocycles. The van der Waals surface area contributed by atoms with E-state index in [-0.39, 0.29) is 11.6 Å². The van der Waals surface area contributed by atoms with Crippen LogP contribution < -0.4 is 5.32 Å². The molecule has 2 heterocycles. The Morgan fingerprint density at radius 3 is 2.95 bits per heavy atom. The fourth-order valence-corrected chi connectivity index (χ4v) is 3.07. The van der Waals surface area contributed by atoms with E-state index < -0.39 is 4.92 Å². The highest BCUT2D eigenvalue weighted by molar-refractivity contribution is 7.22. The molecule has 0 spiro atoms. The van der Waals surface area contributed by atoms with Crippen LogP contribution in [-0.4, -0.2) is 53.6 Å². The van der Waals surface area contributed by atoms with Gasteiger partial charge in [0, 0.05) is 25.2 Å². The maximum atomic E-state index is 12.0. The van der Waals surface area contributed by atoms with Crippen molar-refractivity contribution in [1.82, 2.24) is 9.88 Å². The third-order valence-electron chi connectivity index (χ3n) is 3.30. The summed E-state index contributed by atoms with van der Waals surface area (Å²) < 4.78 is 6.03. The van der Waals surface area contributed by atoms with Crippen molar-refractivity contribution >= 4 is 38.3 Å². The lowest BCUT2D eigenvalue weighted by molar-refractivity contribution is -0.384. The number of benzene rings is 1. The molecule has 9 heteroatoms. The summed E-state index contributed by atoms with van der Waals surface area (Å²) >= 11 is 1.30. The summed E-state index contributed by atoms with van der Waals surface area (Å²) in [5.41, 5.74) is 0.505. The van der Waals surface area contributed by atoms with Gasteiger partial charge in [-0.3, -0.25) is 19.8 Å². The average molecular weight is 322 g/mol.